The number of carbonyl (C=O) groups is 2. The summed E-state index contributed by atoms with van der Waals surface area (Å²) in [6, 6.07) is 13.2. The largest absolute Gasteiger partial charge is 0.352 e. The molecule has 0 aliphatic carbocycles. The quantitative estimate of drug-likeness (QED) is 0.674. The third kappa shape index (κ3) is 4.68. The van der Waals surface area contributed by atoms with Crippen LogP contribution in [0.4, 0.5) is 4.39 Å². The van der Waals surface area contributed by atoms with Crippen molar-refractivity contribution in [2.24, 2.45) is 0 Å². The van der Waals surface area contributed by atoms with E-state index in [1.165, 1.54) is 10.7 Å². The highest BCUT2D eigenvalue weighted by Gasteiger charge is 2.13. The number of aryl methyl sites for hydroxylation is 2. The van der Waals surface area contributed by atoms with Crippen molar-refractivity contribution in [1.29, 1.82) is 0 Å². The molecule has 0 aliphatic rings. The number of benzene rings is 2. The van der Waals surface area contributed by atoms with Crippen LogP contribution in [0.1, 0.15) is 44.6 Å². The van der Waals surface area contributed by atoms with E-state index in [4.69, 9.17) is 0 Å². The first kappa shape index (κ1) is 20.3. The lowest BCUT2D eigenvalue weighted by molar-refractivity contribution is 0.0946. The van der Waals surface area contributed by atoms with E-state index in [-0.39, 0.29) is 18.0 Å². The summed E-state index contributed by atoms with van der Waals surface area (Å²) in [5, 5.41) is 9.76. The molecule has 2 amide bonds. The van der Waals surface area contributed by atoms with E-state index in [9.17, 15) is 14.0 Å². The van der Waals surface area contributed by atoms with Gasteiger partial charge in [0, 0.05) is 29.9 Å². The molecule has 2 aromatic carbocycles. The fourth-order valence-electron chi connectivity index (χ4n) is 3.06. The molecule has 1 heterocycles. The van der Waals surface area contributed by atoms with Crippen LogP contribution in [-0.2, 0) is 6.54 Å². The molecule has 0 aliphatic heterocycles. The smallest absolute Gasteiger partial charge is 0.251 e. The van der Waals surface area contributed by atoms with Gasteiger partial charge in [-0.05, 0) is 62.7 Å². The van der Waals surface area contributed by atoms with E-state index in [0.29, 0.717) is 17.8 Å². The van der Waals surface area contributed by atoms with E-state index >= 15 is 0 Å². The molecule has 6 nitrogen and oxygen atoms in total. The molecule has 150 valence electrons. The van der Waals surface area contributed by atoms with Crippen molar-refractivity contribution in [2.75, 3.05) is 6.54 Å². The minimum absolute atomic E-state index is 0.164. The molecule has 3 rings (SSSR count). The Morgan fingerprint density at radius 1 is 1.00 bits per heavy atom. The van der Waals surface area contributed by atoms with Gasteiger partial charge in [-0.25, -0.2) is 9.07 Å². The van der Waals surface area contributed by atoms with Crippen molar-refractivity contribution in [2.45, 2.75) is 27.3 Å². The summed E-state index contributed by atoms with van der Waals surface area (Å²) < 4.78 is 16.1. The molecular formula is C22H23FN4O2. The number of hydrogen-bond acceptors (Lipinski definition) is 3. The Morgan fingerprint density at radius 3 is 2.38 bits per heavy atom. The van der Waals surface area contributed by atoms with Crippen LogP contribution < -0.4 is 10.6 Å². The van der Waals surface area contributed by atoms with Gasteiger partial charge >= 0.3 is 0 Å². The summed E-state index contributed by atoms with van der Waals surface area (Å²) in [4.78, 5) is 24.4. The van der Waals surface area contributed by atoms with E-state index in [1.807, 2.05) is 32.9 Å². The van der Waals surface area contributed by atoms with Crippen LogP contribution in [0.5, 0.6) is 0 Å². The molecule has 1 aromatic heterocycles. The zero-order valence-electron chi connectivity index (χ0n) is 16.6. The average Bonchev–Trinajstić information content (AvgIpc) is 3.04. The Bertz CT molecular complexity index is 1060. The van der Waals surface area contributed by atoms with Crippen molar-refractivity contribution in [3.8, 4) is 5.69 Å². The molecule has 3 aromatic rings. The standard InChI is InChI=1S/C22H23FN4O2/c1-4-24-21(28)17-7-5-6-16(11-17)13-25-22(29)18-8-9-20(19(23)12-18)27-15(3)10-14(2)26-27/h5-12H,4,13H2,1-3H3,(H,24,28)(H,25,29). The number of hydrogen-bond donors (Lipinski definition) is 2. The normalized spacial score (nSPS) is 10.6. The van der Waals surface area contributed by atoms with Crippen molar-refractivity contribution in [3.63, 3.8) is 0 Å². The Labute approximate surface area is 168 Å². The van der Waals surface area contributed by atoms with Gasteiger partial charge in [0.2, 0.25) is 0 Å². The van der Waals surface area contributed by atoms with Gasteiger partial charge in [-0.1, -0.05) is 12.1 Å². The minimum Gasteiger partial charge on any atom is -0.352 e. The highest BCUT2D eigenvalue weighted by molar-refractivity contribution is 5.95. The van der Waals surface area contributed by atoms with Crippen LogP contribution in [-0.4, -0.2) is 28.1 Å². The number of nitrogens with zero attached hydrogens (tertiary/aromatic N) is 2. The molecule has 29 heavy (non-hydrogen) atoms. The van der Waals surface area contributed by atoms with Gasteiger partial charge in [0.1, 0.15) is 11.5 Å². The second kappa shape index (κ2) is 8.68. The van der Waals surface area contributed by atoms with Crippen molar-refractivity contribution in [1.82, 2.24) is 20.4 Å². The van der Waals surface area contributed by atoms with Gasteiger partial charge < -0.3 is 10.6 Å². The van der Waals surface area contributed by atoms with Gasteiger partial charge in [0.05, 0.1) is 5.69 Å². The van der Waals surface area contributed by atoms with Gasteiger partial charge in [0.15, 0.2) is 0 Å². The molecule has 0 unspecified atom stereocenters. The van der Waals surface area contributed by atoms with Gasteiger partial charge in [-0.3, -0.25) is 9.59 Å². The average molecular weight is 394 g/mol. The fourth-order valence-corrected chi connectivity index (χ4v) is 3.06. The maximum Gasteiger partial charge on any atom is 0.251 e. The lowest BCUT2D eigenvalue weighted by atomic mass is 10.1. The second-order valence-electron chi connectivity index (χ2n) is 6.75. The molecule has 0 atom stereocenters. The highest BCUT2D eigenvalue weighted by atomic mass is 19.1. The Kier molecular flexibility index (Phi) is 6.07. The van der Waals surface area contributed by atoms with Crippen LogP contribution in [0.25, 0.3) is 5.69 Å². The SMILES string of the molecule is CCNC(=O)c1cccc(CNC(=O)c2ccc(-n3nc(C)cc3C)c(F)c2)c1. The summed E-state index contributed by atoms with van der Waals surface area (Å²) in [5.74, 6) is -1.09. The van der Waals surface area contributed by atoms with Gasteiger partial charge in [-0.2, -0.15) is 5.10 Å². The van der Waals surface area contributed by atoms with Crippen LogP contribution in [0.2, 0.25) is 0 Å². The molecule has 0 bridgehead atoms. The number of rotatable bonds is 6. The molecule has 7 heteroatoms. The van der Waals surface area contributed by atoms with Crippen molar-refractivity contribution in [3.05, 3.63) is 82.4 Å². The summed E-state index contributed by atoms with van der Waals surface area (Å²) in [7, 11) is 0. The van der Waals surface area contributed by atoms with Crippen molar-refractivity contribution >= 4 is 11.8 Å². The first-order valence-electron chi connectivity index (χ1n) is 9.37. The Balaban J connectivity index is 1.70. The molecular weight excluding hydrogens is 371 g/mol. The molecule has 2 N–H and O–H groups in total. The first-order valence-corrected chi connectivity index (χ1v) is 9.37. The number of amides is 2. The number of nitrogens with one attached hydrogen (secondary N) is 2. The zero-order valence-corrected chi connectivity index (χ0v) is 16.6. The van der Waals surface area contributed by atoms with Gasteiger partial charge in [0.25, 0.3) is 11.8 Å². The Hall–Kier alpha value is -3.48. The third-order valence-electron chi connectivity index (χ3n) is 4.43. The third-order valence-corrected chi connectivity index (χ3v) is 4.43. The topological polar surface area (TPSA) is 76.0 Å². The zero-order chi connectivity index (χ0) is 21.0. The van der Waals surface area contributed by atoms with Crippen molar-refractivity contribution < 1.29 is 14.0 Å². The predicted molar refractivity (Wildman–Crippen MR) is 109 cm³/mol. The molecule has 0 fully saturated rings. The van der Waals surface area contributed by atoms with E-state index in [0.717, 1.165) is 17.0 Å². The van der Waals surface area contributed by atoms with Gasteiger partial charge in [-0.15, -0.1) is 0 Å². The molecule has 0 saturated heterocycles. The second-order valence-corrected chi connectivity index (χ2v) is 6.75. The minimum atomic E-state index is -0.526. The molecule has 0 spiro atoms. The monoisotopic (exact) mass is 394 g/mol. The maximum absolute atomic E-state index is 14.6. The maximum atomic E-state index is 14.6. The number of halogens is 1. The molecule has 0 radical (unpaired) electrons. The number of carbonyl (C=O) groups excluding carboxylic acids is 2. The lowest BCUT2D eigenvalue weighted by Gasteiger charge is -2.10. The van der Waals surface area contributed by atoms with Crippen LogP contribution in [0, 0.1) is 19.7 Å². The van der Waals surface area contributed by atoms with E-state index < -0.39 is 11.7 Å². The highest BCUT2D eigenvalue weighted by Crippen LogP contribution is 2.17. The van der Waals surface area contributed by atoms with Crippen LogP contribution >= 0.6 is 0 Å². The first-order chi connectivity index (χ1) is 13.9. The lowest BCUT2D eigenvalue weighted by Crippen LogP contribution is -2.24. The summed E-state index contributed by atoms with van der Waals surface area (Å²) in [5.41, 5.74) is 3.42. The van der Waals surface area contributed by atoms with Crippen LogP contribution in [0.3, 0.4) is 0 Å². The summed E-state index contributed by atoms with van der Waals surface area (Å²) >= 11 is 0. The Morgan fingerprint density at radius 2 is 1.72 bits per heavy atom. The summed E-state index contributed by atoms with van der Waals surface area (Å²) in [6.45, 7) is 6.30. The van der Waals surface area contributed by atoms with Crippen LogP contribution in [0.15, 0.2) is 48.5 Å². The van der Waals surface area contributed by atoms with E-state index in [2.05, 4.69) is 15.7 Å². The number of aromatic nitrogens is 2. The molecule has 0 saturated carbocycles. The predicted octanol–water partition coefficient (Wildman–Crippen LogP) is 3.31. The fraction of sp³-hybridized carbons (Fsp3) is 0.227. The summed E-state index contributed by atoms with van der Waals surface area (Å²) in [6.07, 6.45) is 0. The van der Waals surface area contributed by atoms with E-state index in [1.54, 1.807) is 30.3 Å².